The first-order valence-corrected chi connectivity index (χ1v) is 6.84. The van der Waals surface area contributed by atoms with Gasteiger partial charge in [-0.15, -0.1) is 0 Å². The normalized spacial score (nSPS) is 23.4. The van der Waals surface area contributed by atoms with Crippen molar-refractivity contribution in [2.75, 3.05) is 13.1 Å². The van der Waals surface area contributed by atoms with E-state index in [9.17, 15) is 0 Å². The Labute approximate surface area is 94.4 Å². The molecule has 1 N–H and O–H groups in total. The highest BCUT2D eigenvalue weighted by Crippen LogP contribution is 2.29. The van der Waals surface area contributed by atoms with Crippen LogP contribution in [0.2, 0.25) is 0 Å². The summed E-state index contributed by atoms with van der Waals surface area (Å²) in [5, 5.41) is 3.69. The van der Waals surface area contributed by atoms with Crippen LogP contribution in [0.3, 0.4) is 0 Å². The minimum atomic E-state index is 0.790. The molecule has 2 heteroatoms. The SMILES string of the molecule is CCCN(C1CC1)C(CC)CNC1CC1. The molecule has 0 aliphatic heterocycles. The first kappa shape index (κ1) is 11.4. The third-order valence-corrected chi connectivity index (χ3v) is 3.66. The molecule has 0 bridgehead atoms. The Kier molecular flexibility index (Phi) is 4.04. The average molecular weight is 210 g/mol. The van der Waals surface area contributed by atoms with E-state index in [1.165, 1.54) is 51.6 Å². The number of hydrogen-bond donors (Lipinski definition) is 1. The van der Waals surface area contributed by atoms with Crippen LogP contribution < -0.4 is 5.32 Å². The summed E-state index contributed by atoms with van der Waals surface area (Å²) in [6.45, 7) is 7.16. The molecule has 2 fully saturated rings. The van der Waals surface area contributed by atoms with E-state index in [0.29, 0.717) is 0 Å². The van der Waals surface area contributed by atoms with E-state index < -0.39 is 0 Å². The first-order chi connectivity index (χ1) is 7.35. The molecule has 1 unspecified atom stereocenters. The van der Waals surface area contributed by atoms with E-state index in [0.717, 1.165) is 18.1 Å². The molecule has 2 saturated carbocycles. The molecule has 2 nitrogen and oxygen atoms in total. The molecule has 0 aromatic rings. The Bertz CT molecular complexity index is 185. The fourth-order valence-electron chi connectivity index (χ4n) is 2.41. The molecule has 0 aromatic carbocycles. The van der Waals surface area contributed by atoms with Crippen molar-refractivity contribution >= 4 is 0 Å². The molecular formula is C13H26N2. The monoisotopic (exact) mass is 210 g/mol. The van der Waals surface area contributed by atoms with E-state index in [-0.39, 0.29) is 0 Å². The van der Waals surface area contributed by atoms with Crippen molar-refractivity contribution in [1.29, 1.82) is 0 Å². The fraction of sp³-hybridized carbons (Fsp3) is 1.00. The van der Waals surface area contributed by atoms with Crippen molar-refractivity contribution in [3.63, 3.8) is 0 Å². The van der Waals surface area contributed by atoms with Crippen LogP contribution in [-0.2, 0) is 0 Å². The summed E-state index contributed by atoms with van der Waals surface area (Å²) in [7, 11) is 0. The number of nitrogens with zero attached hydrogens (tertiary/aromatic N) is 1. The summed E-state index contributed by atoms with van der Waals surface area (Å²) in [4.78, 5) is 2.76. The Balaban J connectivity index is 1.77. The van der Waals surface area contributed by atoms with Crippen LogP contribution in [0.5, 0.6) is 0 Å². The highest BCUT2D eigenvalue weighted by atomic mass is 15.2. The summed E-state index contributed by atoms with van der Waals surface area (Å²) >= 11 is 0. The van der Waals surface area contributed by atoms with Crippen molar-refractivity contribution in [2.45, 2.75) is 70.5 Å². The van der Waals surface area contributed by atoms with Gasteiger partial charge in [-0.05, 0) is 45.1 Å². The molecule has 0 aromatic heterocycles. The van der Waals surface area contributed by atoms with Crippen molar-refractivity contribution in [3.8, 4) is 0 Å². The molecule has 2 rings (SSSR count). The van der Waals surface area contributed by atoms with Gasteiger partial charge in [-0.25, -0.2) is 0 Å². The smallest absolute Gasteiger partial charge is 0.0221 e. The van der Waals surface area contributed by atoms with Crippen LogP contribution in [0, 0.1) is 0 Å². The minimum absolute atomic E-state index is 0.790. The van der Waals surface area contributed by atoms with Crippen molar-refractivity contribution in [1.82, 2.24) is 10.2 Å². The van der Waals surface area contributed by atoms with Gasteiger partial charge in [0.1, 0.15) is 0 Å². The van der Waals surface area contributed by atoms with Gasteiger partial charge in [0, 0.05) is 24.7 Å². The molecule has 1 atom stereocenters. The van der Waals surface area contributed by atoms with E-state index in [4.69, 9.17) is 0 Å². The molecule has 0 heterocycles. The summed E-state index contributed by atoms with van der Waals surface area (Å²) in [5.41, 5.74) is 0. The van der Waals surface area contributed by atoms with Gasteiger partial charge in [0.2, 0.25) is 0 Å². The third kappa shape index (κ3) is 3.46. The maximum atomic E-state index is 3.69. The van der Waals surface area contributed by atoms with Crippen LogP contribution in [0.25, 0.3) is 0 Å². The predicted molar refractivity (Wildman–Crippen MR) is 65.1 cm³/mol. The fourth-order valence-corrected chi connectivity index (χ4v) is 2.41. The van der Waals surface area contributed by atoms with Crippen molar-refractivity contribution in [2.24, 2.45) is 0 Å². The third-order valence-electron chi connectivity index (χ3n) is 3.66. The van der Waals surface area contributed by atoms with Gasteiger partial charge >= 0.3 is 0 Å². The number of hydrogen-bond acceptors (Lipinski definition) is 2. The second kappa shape index (κ2) is 5.31. The lowest BCUT2D eigenvalue weighted by Gasteiger charge is -2.31. The first-order valence-electron chi connectivity index (χ1n) is 6.84. The quantitative estimate of drug-likeness (QED) is 0.662. The van der Waals surface area contributed by atoms with Crippen LogP contribution in [0.1, 0.15) is 52.4 Å². The Morgan fingerprint density at radius 1 is 1.20 bits per heavy atom. The molecular weight excluding hydrogens is 184 g/mol. The van der Waals surface area contributed by atoms with Gasteiger partial charge in [0.15, 0.2) is 0 Å². The van der Waals surface area contributed by atoms with Gasteiger partial charge < -0.3 is 5.32 Å². The molecule has 88 valence electrons. The molecule has 0 radical (unpaired) electrons. The van der Waals surface area contributed by atoms with E-state index in [1.54, 1.807) is 0 Å². The predicted octanol–water partition coefficient (Wildman–Crippen LogP) is 2.39. The lowest BCUT2D eigenvalue weighted by atomic mass is 10.1. The lowest BCUT2D eigenvalue weighted by Crippen LogP contribution is -2.44. The topological polar surface area (TPSA) is 15.3 Å². The standard InChI is InChI=1S/C13H26N2/c1-3-9-15(13-7-8-13)12(4-2)10-14-11-5-6-11/h11-14H,3-10H2,1-2H3. The van der Waals surface area contributed by atoms with Crippen LogP contribution in [-0.4, -0.2) is 36.1 Å². The minimum Gasteiger partial charge on any atom is -0.312 e. The molecule has 0 saturated heterocycles. The summed E-state index contributed by atoms with van der Waals surface area (Å²) in [6.07, 6.45) is 8.31. The average Bonchev–Trinajstić information content (AvgIpc) is 3.10. The van der Waals surface area contributed by atoms with Crippen molar-refractivity contribution in [3.05, 3.63) is 0 Å². The lowest BCUT2D eigenvalue weighted by molar-refractivity contribution is 0.176. The van der Waals surface area contributed by atoms with Crippen LogP contribution in [0.4, 0.5) is 0 Å². The summed E-state index contributed by atoms with van der Waals surface area (Å²) in [5.74, 6) is 0. The zero-order valence-corrected chi connectivity index (χ0v) is 10.3. The van der Waals surface area contributed by atoms with Crippen molar-refractivity contribution < 1.29 is 0 Å². The van der Waals surface area contributed by atoms with Gasteiger partial charge in [-0.1, -0.05) is 13.8 Å². The number of rotatable bonds is 8. The Morgan fingerprint density at radius 3 is 2.40 bits per heavy atom. The maximum Gasteiger partial charge on any atom is 0.0221 e. The van der Waals surface area contributed by atoms with E-state index >= 15 is 0 Å². The Morgan fingerprint density at radius 2 is 1.93 bits per heavy atom. The summed E-state index contributed by atoms with van der Waals surface area (Å²) in [6, 6.07) is 2.58. The highest BCUT2D eigenvalue weighted by Gasteiger charge is 2.33. The zero-order valence-electron chi connectivity index (χ0n) is 10.3. The zero-order chi connectivity index (χ0) is 10.7. The van der Waals surface area contributed by atoms with Gasteiger partial charge in [0.25, 0.3) is 0 Å². The van der Waals surface area contributed by atoms with Gasteiger partial charge in [-0.3, -0.25) is 4.90 Å². The van der Waals surface area contributed by atoms with Crippen LogP contribution in [0.15, 0.2) is 0 Å². The Hall–Kier alpha value is -0.0800. The summed E-state index contributed by atoms with van der Waals surface area (Å²) < 4.78 is 0. The van der Waals surface area contributed by atoms with Gasteiger partial charge in [-0.2, -0.15) is 0 Å². The second-order valence-electron chi connectivity index (χ2n) is 5.21. The maximum absolute atomic E-state index is 3.69. The van der Waals surface area contributed by atoms with Gasteiger partial charge in [0.05, 0.1) is 0 Å². The highest BCUT2D eigenvalue weighted by molar-refractivity contribution is 4.90. The van der Waals surface area contributed by atoms with Crippen LogP contribution >= 0.6 is 0 Å². The number of nitrogens with one attached hydrogen (secondary N) is 1. The molecule has 0 spiro atoms. The second-order valence-corrected chi connectivity index (χ2v) is 5.21. The molecule has 0 amide bonds. The molecule has 2 aliphatic rings. The van der Waals surface area contributed by atoms with E-state index in [2.05, 4.69) is 24.1 Å². The molecule has 2 aliphatic carbocycles. The molecule has 15 heavy (non-hydrogen) atoms. The van der Waals surface area contributed by atoms with E-state index in [1.807, 2.05) is 0 Å². The largest absolute Gasteiger partial charge is 0.312 e.